The number of oxazole rings is 1. The second-order valence-corrected chi connectivity index (χ2v) is 7.33. The van der Waals surface area contributed by atoms with Gasteiger partial charge in [0.15, 0.2) is 5.96 Å². The molecule has 1 fully saturated rings. The third kappa shape index (κ3) is 6.02. The van der Waals surface area contributed by atoms with E-state index in [-0.39, 0.29) is 0 Å². The zero-order valence-corrected chi connectivity index (χ0v) is 16.2. The second kappa shape index (κ2) is 9.93. The van der Waals surface area contributed by atoms with Crippen molar-refractivity contribution >= 4 is 17.7 Å². The minimum atomic E-state index is 0.702. The van der Waals surface area contributed by atoms with Crippen LogP contribution in [0.5, 0.6) is 0 Å². The highest BCUT2D eigenvalue weighted by molar-refractivity contribution is 7.98. The normalized spacial score (nSPS) is 17.2. The van der Waals surface area contributed by atoms with Crippen LogP contribution in [-0.4, -0.2) is 61.1 Å². The molecule has 0 amide bonds. The monoisotopic (exact) mass is 353 g/mol. The Morgan fingerprint density at radius 2 is 2.08 bits per heavy atom. The van der Waals surface area contributed by atoms with Crippen LogP contribution in [0, 0.1) is 19.8 Å². The van der Waals surface area contributed by atoms with Gasteiger partial charge in [0.2, 0.25) is 5.89 Å². The van der Waals surface area contributed by atoms with Crippen LogP contribution in [0.3, 0.4) is 0 Å². The van der Waals surface area contributed by atoms with E-state index in [1.165, 1.54) is 12.8 Å². The number of aliphatic imine (C=N–C) groups is 1. The number of thioether (sulfide) groups is 1. The van der Waals surface area contributed by atoms with Crippen molar-refractivity contribution in [3.05, 3.63) is 17.3 Å². The first-order chi connectivity index (χ1) is 11.6. The van der Waals surface area contributed by atoms with Crippen molar-refractivity contribution in [1.29, 1.82) is 0 Å². The van der Waals surface area contributed by atoms with Gasteiger partial charge in [0.25, 0.3) is 0 Å². The van der Waals surface area contributed by atoms with E-state index in [1.54, 1.807) is 0 Å². The van der Waals surface area contributed by atoms with Crippen molar-refractivity contribution in [2.45, 2.75) is 33.2 Å². The molecule has 0 bridgehead atoms. The molecule has 0 aliphatic carbocycles. The average molecular weight is 354 g/mol. The summed E-state index contributed by atoms with van der Waals surface area (Å²) in [7, 11) is 1.83. The molecule has 0 atom stereocenters. The molecule has 0 saturated carbocycles. The van der Waals surface area contributed by atoms with Crippen LogP contribution in [0.25, 0.3) is 0 Å². The van der Waals surface area contributed by atoms with Gasteiger partial charge in [0.1, 0.15) is 5.76 Å². The van der Waals surface area contributed by atoms with Gasteiger partial charge in [-0.05, 0) is 52.0 Å². The molecular formula is C17H31N5OS. The number of nitrogens with zero attached hydrogens (tertiary/aromatic N) is 3. The van der Waals surface area contributed by atoms with Gasteiger partial charge in [0.05, 0.1) is 12.2 Å². The van der Waals surface area contributed by atoms with Crippen LogP contribution < -0.4 is 10.6 Å². The highest BCUT2D eigenvalue weighted by Crippen LogP contribution is 2.19. The third-order valence-electron chi connectivity index (χ3n) is 4.52. The molecule has 2 heterocycles. The van der Waals surface area contributed by atoms with Crippen molar-refractivity contribution in [3.8, 4) is 0 Å². The zero-order chi connectivity index (χ0) is 17.4. The summed E-state index contributed by atoms with van der Waals surface area (Å²) in [5.41, 5.74) is 1.00. The van der Waals surface area contributed by atoms with E-state index in [2.05, 4.69) is 31.8 Å². The van der Waals surface area contributed by atoms with Crippen molar-refractivity contribution in [3.63, 3.8) is 0 Å². The predicted molar refractivity (Wildman–Crippen MR) is 102 cm³/mol. The largest absolute Gasteiger partial charge is 0.444 e. The smallest absolute Gasteiger partial charge is 0.208 e. The summed E-state index contributed by atoms with van der Waals surface area (Å²) in [5.74, 6) is 4.49. The molecule has 0 unspecified atom stereocenters. The number of rotatable bonds is 7. The molecule has 136 valence electrons. The Morgan fingerprint density at radius 3 is 2.67 bits per heavy atom. The van der Waals surface area contributed by atoms with Gasteiger partial charge in [-0.25, -0.2) is 4.98 Å². The van der Waals surface area contributed by atoms with E-state index in [0.717, 1.165) is 61.8 Å². The Bertz CT molecular complexity index is 504. The van der Waals surface area contributed by atoms with Gasteiger partial charge in [-0.3, -0.25) is 9.89 Å². The molecule has 2 rings (SSSR count). The van der Waals surface area contributed by atoms with Crippen LogP contribution in [0.15, 0.2) is 9.41 Å². The van der Waals surface area contributed by atoms with E-state index in [1.807, 2.05) is 32.7 Å². The molecular weight excluding hydrogens is 322 g/mol. The maximum Gasteiger partial charge on any atom is 0.208 e. The number of piperidine rings is 1. The van der Waals surface area contributed by atoms with E-state index >= 15 is 0 Å². The first-order valence-corrected chi connectivity index (χ1v) is 10.1. The number of likely N-dealkylation sites (tertiary alicyclic amines) is 1. The number of hydrogen-bond acceptors (Lipinski definition) is 5. The summed E-state index contributed by atoms with van der Waals surface area (Å²) in [5, 5.41) is 6.80. The standard InChI is InChI=1S/C17H31N5OS/c1-13-14(2)23-16(21-13)12-22-8-5-15(6-9-22)11-20-17(18-3)19-7-10-24-4/h15H,5-12H2,1-4H3,(H2,18,19,20). The fraction of sp³-hybridized carbons (Fsp3) is 0.765. The molecule has 6 nitrogen and oxygen atoms in total. The molecule has 7 heteroatoms. The fourth-order valence-corrected chi connectivity index (χ4v) is 3.19. The number of hydrogen-bond donors (Lipinski definition) is 2. The lowest BCUT2D eigenvalue weighted by Gasteiger charge is -2.31. The third-order valence-corrected chi connectivity index (χ3v) is 5.13. The van der Waals surface area contributed by atoms with Crippen LogP contribution in [0.4, 0.5) is 0 Å². The lowest BCUT2D eigenvalue weighted by Crippen LogP contribution is -2.43. The first-order valence-electron chi connectivity index (χ1n) is 8.71. The maximum absolute atomic E-state index is 5.69. The summed E-state index contributed by atoms with van der Waals surface area (Å²) in [6.07, 6.45) is 4.52. The Hall–Kier alpha value is -1.21. The van der Waals surface area contributed by atoms with Crippen molar-refractivity contribution in [1.82, 2.24) is 20.5 Å². The summed E-state index contributed by atoms with van der Waals surface area (Å²) in [6.45, 7) is 8.95. The number of aryl methyl sites for hydroxylation is 2. The molecule has 0 spiro atoms. The summed E-state index contributed by atoms with van der Waals surface area (Å²) in [6, 6.07) is 0. The predicted octanol–water partition coefficient (Wildman–Crippen LogP) is 2.03. The molecule has 1 aromatic heterocycles. The average Bonchev–Trinajstić information content (AvgIpc) is 2.90. The molecule has 1 aliphatic rings. The van der Waals surface area contributed by atoms with Gasteiger partial charge >= 0.3 is 0 Å². The van der Waals surface area contributed by atoms with Crippen LogP contribution in [0.1, 0.15) is 30.2 Å². The topological polar surface area (TPSA) is 65.7 Å². The van der Waals surface area contributed by atoms with Crippen LogP contribution in [0.2, 0.25) is 0 Å². The quantitative estimate of drug-likeness (QED) is 0.444. The van der Waals surface area contributed by atoms with E-state index < -0.39 is 0 Å². The van der Waals surface area contributed by atoms with Crippen LogP contribution in [-0.2, 0) is 6.54 Å². The van der Waals surface area contributed by atoms with Crippen molar-refractivity contribution < 1.29 is 4.42 Å². The molecule has 2 N–H and O–H groups in total. The molecule has 0 aromatic carbocycles. The minimum Gasteiger partial charge on any atom is -0.444 e. The molecule has 1 aliphatic heterocycles. The highest BCUT2D eigenvalue weighted by atomic mass is 32.2. The van der Waals surface area contributed by atoms with E-state index in [0.29, 0.717) is 5.92 Å². The lowest BCUT2D eigenvalue weighted by molar-refractivity contribution is 0.164. The van der Waals surface area contributed by atoms with E-state index in [9.17, 15) is 0 Å². The second-order valence-electron chi connectivity index (χ2n) is 6.34. The molecule has 1 saturated heterocycles. The SMILES string of the molecule is CN=C(NCCSC)NCC1CCN(Cc2nc(C)c(C)o2)CC1. The molecule has 1 aromatic rings. The molecule has 0 radical (unpaired) electrons. The Morgan fingerprint density at radius 1 is 1.33 bits per heavy atom. The summed E-state index contributed by atoms with van der Waals surface area (Å²) >= 11 is 1.84. The van der Waals surface area contributed by atoms with Gasteiger partial charge in [0, 0.05) is 25.9 Å². The van der Waals surface area contributed by atoms with E-state index in [4.69, 9.17) is 4.42 Å². The fourth-order valence-electron chi connectivity index (χ4n) is 2.88. The van der Waals surface area contributed by atoms with Gasteiger partial charge < -0.3 is 15.1 Å². The lowest BCUT2D eigenvalue weighted by atomic mass is 9.97. The summed E-state index contributed by atoms with van der Waals surface area (Å²) < 4.78 is 5.69. The van der Waals surface area contributed by atoms with Crippen LogP contribution >= 0.6 is 11.8 Å². The number of nitrogens with one attached hydrogen (secondary N) is 2. The number of aromatic nitrogens is 1. The minimum absolute atomic E-state index is 0.702. The Labute approximate surface area is 149 Å². The van der Waals surface area contributed by atoms with Gasteiger partial charge in [-0.15, -0.1) is 0 Å². The van der Waals surface area contributed by atoms with Crippen molar-refractivity contribution in [2.75, 3.05) is 45.2 Å². The van der Waals surface area contributed by atoms with Gasteiger partial charge in [-0.2, -0.15) is 11.8 Å². The zero-order valence-electron chi connectivity index (χ0n) is 15.4. The molecule has 24 heavy (non-hydrogen) atoms. The Balaban J connectivity index is 1.67. The van der Waals surface area contributed by atoms with Gasteiger partial charge in [-0.1, -0.05) is 0 Å². The Kier molecular flexibility index (Phi) is 7.91. The summed E-state index contributed by atoms with van der Waals surface area (Å²) in [4.78, 5) is 11.2. The number of guanidine groups is 1. The van der Waals surface area contributed by atoms with Crippen molar-refractivity contribution in [2.24, 2.45) is 10.9 Å². The highest BCUT2D eigenvalue weighted by Gasteiger charge is 2.21. The maximum atomic E-state index is 5.69. The first kappa shape index (κ1) is 19.1.